The molecular weight excluding hydrogens is 342 g/mol. The number of rotatable bonds is 7. The van der Waals surface area contributed by atoms with Crippen molar-refractivity contribution in [3.63, 3.8) is 0 Å². The van der Waals surface area contributed by atoms with Crippen molar-refractivity contribution in [1.29, 1.82) is 0 Å². The summed E-state index contributed by atoms with van der Waals surface area (Å²) in [7, 11) is 3.23. The number of benzene rings is 1. The van der Waals surface area contributed by atoms with Crippen molar-refractivity contribution in [3.05, 3.63) is 47.7 Å². The number of hydrogen-bond donors (Lipinski definition) is 2. The fraction of sp³-hybridized carbons (Fsp3) is 0.429. The van der Waals surface area contributed by atoms with Crippen LogP contribution in [0, 0.1) is 0 Å². The van der Waals surface area contributed by atoms with Crippen LogP contribution in [-0.2, 0) is 6.54 Å². The molecule has 0 bridgehead atoms. The number of carbonyl (C=O) groups excluding carboxylic acids is 1. The second kappa shape index (κ2) is 9.26. The quantitative estimate of drug-likeness (QED) is 0.777. The molecule has 1 aliphatic carbocycles. The van der Waals surface area contributed by atoms with Gasteiger partial charge in [0.25, 0.3) is 5.91 Å². The van der Waals surface area contributed by atoms with Gasteiger partial charge in [-0.05, 0) is 42.7 Å². The second-order valence-electron chi connectivity index (χ2n) is 6.78. The van der Waals surface area contributed by atoms with Gasteiger partial charge in [0.2, 0.25) is 0 Å². The van der Waals surface area contributed by atoms with Crippen molar-refractivity contribution in [3.8, 4) is 11.5 Å². The van der Waals surface area contributed by atoms with E-state index in [1.54, 1.807) is 32.5 Å². The minimum absolute atomic E-state index is 0.0292. The monoisotopic (exact) mass is 369 g/mol. The Morgan fingerprint density at radius 2 is 1.85 bits per heavy atom. The summed E-state index contributed by atoms with van der Waals surface area (Å²) in [6.07, 6.45) is 7.46. The normalized spacial score (nSPS) is 14.4. The molecule has 27 heavy (non-hydrogen) atoms. The van der Waals surface area contributed by atoms with E-state index in [2.05, 4.69) is 15.6 Å². The molecule has 1 aliphatic rings. The number of nitrogens with zero attached hydrogens (tertiary/aromatic N) is 1. The van der Waals surface area contributed by atoms with E-state index in [9.17, 15) is 4.79 Å². The molecule has 2 aromatic rings. The SMILES string of the molecule is COc1ccc(CNc2cc(C(=O)NC3CCCCC3)ccn2)cc1OC. The summed E-state index contributed by atoms with van der Waals surface area (Å²) in [6.45, 7) is 0.570. The van der Waals surface area contributed by atoms with E-state index in [1.807, 2.05) is 18.2 Å². The van der Waals surface area contributed by atoms with E-state index in [0.717, 1.165) is 18.4 Å². The molecule has 0 unspecified atom stereocenters. The molecule has 3 rings (SSSR count). The Morgan fingerprint density at radius 3 is 2.59 bits per heavy atom. The summed E-state index contributed by atoms with van der Waals surface area (Å²) in [5, 5.41) is 6.40. The zero-order valence-corrected chi connectivity index (χ0v) is 16.0. The Balaban J connectivity index is 1.61. The number of methoxy groups -OCH3 is 2. The van der Waals surface area contributed by atoms with Gasteiger partial charge < -0.3 is 20.1 Å². The molecule has 1 amide bonds. The number of hydrogen-bond acceptors (Lipinski definition) is 5. The summed E-state index contributed by atoms with van der Waals surface area (Å²) in [4.78, 5) is 16.8. The highest BCUT2D eigenvalue weighted by molar-refractivity contribution is 5.95. The van der Waals surface area contributed by atoms with Crippen LogP contribution in [-0.4, -0.2) is 31.2 Å². The van der Waals surface area contributed by atoms with Crippen molar-refractivity contribution >= 4 is 11.7 Å². The summed E-state index contributed by atoms with van der Waals surface area (Å²) in [5.74, 6) is 2.02. The number of anilines is 1. The van der Waals surface area contributed by atoms with Crippen molar-refractivity contribution in [2.24, 2.45) is 0 Å². The second-order valence-corrected chi connectivity index (χ2v) is 6.78. The van der Waals surface area contributed by atoms with Crippen molar-refractivity contribution in [2.75, 3.05) is 19.5 Å². The molecule has 6 heteroatoms. The first-order chi connectivity index (χ1) is 13.2. The van der Waals surface area contributed by atoms with Gasteiger partial charge in [-0.3, -0.25) is 4.79 Å². The van der Waals surface area contributed by atoms with Gasteiger partial charge in [0.15, 0.2) is 11.5 Å². The molecule has 0 atom stereocenters. The van der Waals surface area contributed by atoms with Gasteiger partial charge in [-0.1, -0.05) is 25.3 Å². The van der Waals surface area contributed by atoms with Gasteiger partial charge in [0.1, 0.15) is 5.82 Å². The molecule has 144 valence electrons. The van der Waals surface area contributed by atoms with E-state index in [1.165, 1.54) is 19.3 Å². The van der Waals surface area contributed by atoms with Gasteiger partial charge in [-0.2, -0.15) is 0 Å². The Kier molecular flexibility index (Phi) is 6.52. The average Bonchev–Trinajstić information content (AvgIpc) is 2.73. The van der Waals surface area contributed by atoms with E-state index >= 15 is 0 Å². The zero-order valence-electron chi connectivity index (χ0n) is 16.0. The molecule has 1 aromatic carbocycles. The lowest BCUT2D eigenvalue weighted by Crippen LogP contribution is -2.36. The lowest BCUT2D eigenvalue weighted by molar-refractivity contribution is 0.0927. The number of ether oxygens (including phenoxy) is 2. The van der Waals surface area contributed by atoms with Crippen molar-refractivity contribution in [1.82, 2.24) is 10.3 Å². The third kappa shape index (κ3) is 5.12. The third-order valence-corrected chi connectivity index (χ3v) is 4.88. The average molecular weight is 369 g/mol. The number of amides is 1. The molecular formula is C21H27N3O3. The predicted octanol–water partition coefficient (Wildman–Crippen LogP) is 3.77. The zero-order chi connectivity index (χ0) is 19.1. The number of nitrogens with one attached hydrogen (secondary N) is 2. The Bertz CT molecular complexity index is 773. The van der Waals surface area contributed by atoms with E-state index < -0.39 is 0 Å². The molecule has 0 aliphatic heterocycles. The molecule has 1 saturated carbocycles. The van der Waals surface area contributed by atoms with Crippen LogP contribution in [0.5, 0.6) is 11.5 Å². The summed E-state index contributed by atoms with van der Waals surface area (Å²) >= 11 is 0. The van der Waals surface area contributed by atoms with Gasteiger partial charge in [-0.15, -0.1) is 0 Å². The highest BCUT2D eigenvalue weighted by atomic mass is 16.5. The van der Waals surface area contributed by atoms with Gasteiger partial charge in [0, 0.05) is 24.3 Å². The smallest absolute Gasteiger partial charge is 0.251 e. The minimum Gasteiger partial charge on any atom is -0.493 e. The van der Waals surface area contributed by atoms with Crippen molar-refractivity contribution < 1.29 is 14.3 Å². The summed E-state index contributed by atoms with van der Waals surface area (Å²) in [5.41, 5.74) is 1.66. The van der Waals surface area contributed by atoms with E-state index in [-0.39, 0.29) is 5.91 Å². The fourth-order valence-electron chi connectivity index (χ4n) is 3.37. The van der Waals surface area contributed by atoms with Crippen LogP contribution >= 0.6 is 0 Å². The Hall–Kier alpha value is -2.76. The lowest BCUT2D eigenvalue weighted by Gasteiger charge is -2.22. The van der Waals surface area contributed by atoms with Crippen LogP contribution < -0.4 is 20.1 Å². The molecule has 1 aromatic heterocycles. The fourth-order valence-corrected chi connectivity index (χ4v) is 3.37. The lowest BCUT2D eigenvalue weighted by atomic mass is 9.95. The first-order valence-corrected chi connectivity index (χ1v) is 9.41. The van der Waals surface area contributed by atoms with Gasteiger partial charge in [0.05, 0.1) is 14.2 Å². The van der Waals surface area contributed by atoms with Crippen LogP contribution in [0.3, 0.4) is 0 Å². The third-order valence-electron chi connectivity index (χ3n) is 4.88. The number of aromatic nitrogens is 1. The summed E-state index contributed by atoms with van der Waals surface area (Å²) < 4.78 is 10.6. The largest absolute Gasteiger partial charge is 0.493 e. The molecule has 0 radical (unpaired) electrons. The Morgan fingerprint density at radius 1 is 1.07 bits per heavy atom. The highest BCUT2D eigenvalue weighted by Crippen LogP contribution is 2.27. The first kappa shape index (κ1) is 19.0. The van der Waals surface area contributed by atoms with Crippen LogP contribution in [0.2, 0.25) is 0 Å². The van der Waals surface area contributed by atoms with Gasteiger partial charge in [-0.25, -0.2) is 4.98 Å². The molecule has 0 spiro atoms. The number of pyridine rings is 1. The van der Waals surface area contributed by atoms with E-state index in [0.29, 0.717) is 35.5 Å². The topological polar surface area (TPSA) is 72.5 Å². The highest BCUT2D eigenvalue weighted by Gasteiger charge is 2.17. The number of carbonyl (C=O) groups is 1. The molecule has 1 fully saturated rings. The Labute approximate surface area is 160 Å². The molecule has 6 nitrogen and oxygen atoms in total. The van der Waals surface area contributed by atoms with Crippen LogP contribution in [0.25, 0.3) is 0 Å². The standard InChI is InChI=1S/C21H27N3O3/c1-26-18-9-8-15(12-19(18)27-2)14-23-20-13-16(10-11-22-20)21(25)24-17-6-4-3-5-7-17/h8-13,17H,3-7,14H2,1-2H3,(H,22,23)(H,24,25). The summed E-state index contributed by atoms with van der Waals surface area (Å²) in [6, 6.07) is 9.60. The maximum absolute atomic E-state index is 12.5. The van der Waals surface area contributed by atoms with E-state index in [4.69, 9.17) is 9.47 Å². The van der Waals surface area contributed by atoms with Crippen molar-refractivity contribution in [2.45, 2.75) is 44.7 Å². The predicted molar refractivity (Wildman–Crippen MR) is 105 cm³/mol. The minimum atomic E-state index is -0.0292. The first-order valence-electron chi connectivity index (χ1n) is 9.41. The molecule has 1 heterocycles. The molecule has 2 N–H and O–H groups in total. The maximum Gasteiger partial charge on any atom is 0.251 e. The van der Waals surface area contributed by atoms with Crippen LogP contribution in [0.15, 0.2) is 36.5 Å². The van der Waals surface area contributed by atoms with Crippen LogP contribution in [0.1, 0.15) is 48.0 Å². The van der Waals surface area contributed by atoms with Crippen LogP contribution in [0.4, 0.5) is 5.82 Å². The van der Waals surface area contributed by atoms with Gasteiger partial charge >= 0.3 is 0 Å². The maximum atomic E-state index is 12.5. The molecule has 0 saturated heterocycles.